The van der Waals surface area contributed by atoms with Crippen LogP contribution in [0.15, 0.2) is 11.1 Å². The predicted molar refractivity (Wildman–Crippen MR) is 62.8 cm³/mol. The number of aliphatic hydroxyl groups is 1. The first-order chi connectivity index (χ1) is 8.11. The lowest BCUT2D eigenvalue weighted by Gasteiger charge is -2.32. The van der Waals surface area contributed by atoms with Crippen LogP contribution in [-0.4, -0.2) is 40.4 Å². The molecular weight excluding hydrogens is 224 g/mol. The third kappa shape index (κ3) is 2.75. The lowest BCUT2D eigenvalue weighted by Crippen LogP contribution is -2.42. The van der Waals surface area contributed by atoms with E-state index in [4.69, 9.17) is 10.5 Å². The van der Waals surface area contributed by atoms with Gasteiger partial charge < -0.3 is 25.9 Å². The molecule has 1 saturated heterocycles. The molecule has 0 aromatic carbocycles. The molecule has 0 amide bonds. The fourth-order valence-electron chi connectivity index (χ4n) is 1.73. The van der Waals surface area contributed by atoms with Crippen LogP contribution in [0.2, 0.25) is 0 Å². The Morgan fingerprint density at radius 3 is 3.00 bits per heavy atom. The molecule has 0 aliphatic carbocycles. The Bertz CT molecular complexity index is 439. The number of ether oxygens (including phenoxy) is 1. The maximum atomic E-state index is 11.2. The van der Waals surface area contributed by atoms with Crippen LogP contribution in [0, 0.1) is 0 Å². The molecule has 17 heavy (non-hydrogen) atoms. The SMILES string of the molecule is Nc1c(NCC2(O)CCOCC2)nc[nH]c1=O. The van der Waals surface area contributed by atoms with Crippen LogP contribution in [0.25, 0.3) is 0 Å². The summed E-state index contributed by atoms with van der Waals surface area (Å²) in [6.07, 6.45) is 2.39. The van der Waals surface area contributed by atoms with Crippen molar-refractivity contribution in [3.8, 4) is 0 Å². The molecule has 0 atom stereocenters. The Hall–Kier alpha value is -1.60. The highest BCUT2D eigenvalue weighted by Crippen LogP contribution is 2.21. The summed E-state index contributed by atoms with van der Waals surface area (Å²) in [5, 5.41) is 13.1. The summed E-state index contributed by atoms with van der Waals surface area (Å²) in [5.41, 5.74) is 4.39. The van der Waals surface area contributed by atoms with Crippen molar-refractivity contribution in [3.05, 3.63) is 16.7 Å². The van der Waals surface area contributed by atoms with Crippen LogP contribution in [0.1, 0.15) is 12.8 Å². The summed E-state index contributed by atoms with van der Waals surface area (Å²) in [4.78, 5) is 17.5. The van der Waals surface area contributed by atoms with Gasteiger partial charge in [0.25, 0.3) is 5.56 Å². The van der Waals surface area contributed by atoms with Gasteiger partial charge >= 0.3 is 0 Å². The van der Waals surface area contributed by atoms with Gasteiger partial charge in [-0.15, -0.1) is 0 Å². The molecule has 1 aromatic rings. The van der Waals surface area contributed by atoms with Gasteiger partial charge in [0, 0.05) is 32.6 Å². The van der Waals surface area contributed by atoms with Gasteiger partial charge in [-0.1, -0.05) is 0 Å². The quantitative estimate of drug-likeness (QED) is 0.556. The largest absolute Gasteiger partial charge is 0.391 e. The minimum Gasteiger partial charge on any atom is -0.391 e. The fraction of sp³-hybridized carbons (Fsp3) is 0.600. The van der Waals surface area contributed by atoms with Crippen molar-refractivity contribution < 1.29 is 9.84 Å². The van der Waals surface area contributed by atoms with E-state index in [-0.39, 0.29) is 11.2 Å². The molecule has 7 nitrogen and oxygen atoms in total. The Kier molecular flexibility index (Phi) is 3.30. The van der Waals surface area contributed by atoms with E-state index in [2.05, 4.69) is 15.3 Å². The Morgan fingerprint density at radius 1 is 1.59 bits per heavy atom. The summed E-state index contributed by atoms with van der Waals surface area (Å²) in [6.45, 7) is 1.38. The zero-order chi connectivity index (χ0) is 12.3. The molecule has 1 aromatic heterocycles. The van der Waals surface area contributed by atoms with E-state index < -0.39 is 5.60 Å². The fourth-order valence-corrected chi connectivity index (χ4v) is 1.73. The van der Waals surface area contributed by atoms with Gasteiger partial charge in [0.1, 0.15) is 5.69 Å². The summed E-state index contributed by atoms with van der Waals surface area (Å²) >= 11 is 0. The Labute approximate surface area is 98.0 Å². The standard InChI is InChI=1S/C10H16N4O3/c11-7-8(13-6-14-9(7)15)12-5-10(16)1-3-17-4-2-10/h6,16H,1-5,11H2,(H2,12,13,14,15). The van der Waals surface area contributed by atoms with E-state index in [9.17, 15) is 9.90 Å². The number of nitrogen functional groups attached to an aromatic ring is 1. The first-order valence-corrected chi connectivity index (χ1v) is 5.48. The van der Waals surface area contributed by atoms with E-state index in [0.29, 0.717) is 38.4 Å². The van der Waals surface area contributed by atoms with Gasteiger partial charge in [-0.2, -0.15) is 0 Å². The minimum atomic E-state index is -0.824. The molecule has 1 fully saturated rings. The second-order valence-corrected chi connectivity index (χ2v) is 4.18. The normalized spacial score (nSPS) is 18.9. The smallest absolute Gasteiger partial charge is 0.276 e. The molecule has 0 unspecified atom stereocenters. The highest BCUT2D eigenvalue weighted by molar-refractivity contribution is 5.58. The second kappa shape index (κ2) is 4.72. The summed E-state index contributed by atoms with van der Waals surface area (Å²) in [7, 11) is 0. The van der Waals surface area contributed by atoms with Gasteiger partial charge in [0.15, 0.2) is 5.82 Å². The van der Waals surface area contributed by atoms with Gasteiger partial charge in [-0.25, -0.2) is 4.98 Å². The van der Waals surface area contributed by atoms with E-state index in [0.717, 1.165) is 0 Å². The number of anilines is 2. The zero-order valence-corrected chi connectivity index (χ0v) is 9.40. The van der Waals surface area contributed by atoms with Crippen molar-refractivity contribution in [1.82, 2.24) is 9.97 Å². The van der Waals surface area contributed by atoms with Crippen LogP contribution >= 0.6 is 0 Å². The summed E-state index contributed by atoms with van der Waals surface area (Å²) < 4.78 is 5.18. The van der Waals surface area contributed by atoms with Crippen molar-refractivity contribution in [2.24, 2.45) is 0 Å². The van der Waals surface area contributed by atoms with E-state index in [1.807, 2.05) is 0 Å². The van der Waals surface area contributed by atoms with Crippen molar-refractivity contribution in [2.45, 2.75) is 18.4 Å². The highest BCUT2D eigenvalue weighted by atomic mass is 16.5. The molecule has 2 heterocycles. The van der Waals surface area contributed by atoms with Crippen LogP contribution in [-0.2, 0) is 4.74 Å². The van der Waals surface area contributed by atoms with Crippen LogP contribution in [0.5, 0.6) is 0 Å². The maximum Gasteiger partial charge on any atom is 0.276 e. The number of rotatable bonds is 3. The molecule has 2 rings (SSSR count). The van der Waals surface area contributed by atoms with Gasteiger partial charge in [-0.05, 0) is 0 Å². The number of nitrogens with two attached hydrogens (primary N) is 1. The Balaban J connectivity index is 2.02. The first-order valence-electron chi connectivity index (χ1n) is 5.48. The number of hydrogen-bond donors (Lipinski definition) is 4. The average molecular weight is 240 g/mol. The molecule has 5 N–H and O–H groups in total. The number of nitrogens with one attached hydrogen (secondary N) is 2. The number of H-pyrrole nitrogens is 1. The molecule has 1 aliphatic rings. The third-order valence-corrected chi connectivity index (χ3v) is 2.90. The van der Waals surface area contributed by atoms with E-state index in [1.54, 1.807) is 0 Å². The van der Waals surface area contributed by atoms with Crippen LogP contribution in [0.4, 0.5) is 11.5 Å². The van der Waals surface area contributed by atoms with Crippen molar-refractivity contribution in [1.29, 1.82) is 0 Å². The second-order valence-electron chi connectivity index (χ2n) is 4.18. The molecule has 0 spiro atoms. The first kappa shape index (κ1) is 11.9. The number of hydrogen-bond acceptors (Lipinski definition) is 6. The molecule has 1 aliphatic heterocycles. The molecule has 0 saturated carbocycles. The minimum absolute atomic E-state index is 0.0307. The number of nitrogens with zero attached hydrogens (tertiary/aromatic N) is 1. The lowest BCUT2D eigenvalue weighted by molar-refractivity contribution is -0.0543. The monoisotopic (exact) mass is 240 g/mol. The predicted octanol–water partition coefficient (Wildman–Crippen LogP) is -0.695. The van der Waals surface area contributed by atoms with Crippen LogP contribution in [0.3, 0.4) is 0 Å². The van der Waals surface area contributed by atoms with Crippen molar-refractivity contribution in [3.63, 3.8) is 0 Å². The maximum absolute atomic E-state index is 11.2. The molecule has 7 heteroatoms. The molecule has 0 bridgehead atoms. The number of aromatic amines is 1. The van der Waals surface area contributed by atoms with E-state index in [1.165, 1.54) is 6.33 Å². The van der Waals surface area contributed by atoms with Gasteiger partial charge in [-0.3, -0.25) is 4.79 Å². The Morgan fingerprint density at radius 2 is 2.29 bits per heavy atom. The van der Waals surface area contributed by atoms with Crippen molar-refractivity contribution >= 4 is 11.5 Å². The topological polar surface area (TPSA) is 113 Å². The summed E-state index contributed by atoms with van der Waals surface area (Å²) in [6, 6.07) is 0. The number of aromatic nitrogens is 2. The average Bonchev–Trinajstić information content (AvgIpc) is 2.32. The highest BCUT2D eigenvalue weighted by Gasteiger charge is 2.29. The zero-order valence-electron chi connectivity index (χ0n) is 9.40. The van der Waals surface area contributed by atoms with Gasteiger partial charge in [0.2, 0.25) is 0 Å². The van der Waals surface area contributed by atoms with E-state index >= 15 is 0 Å². The molecule has 94 valence electrons. The van der Waals surface area contributed by atoms with Gasteiger partial charge in [0.05, 0.1) is 11.9 Å². The third-order valence-electron chi connectivity index (χ3n) is 2.90. The lowest BCUT2D eigenvalue weighted by atomic mass is 9.94. The van der Waals surface area contributed by atoms with Crippen molar-refractivity contribution in [2.75, 3.05) is 30.8 Å². The van der Waals surface area contributed by atoms with Crippen LogP contribution < -0.4 is 16.6 Å². The molecular formula is C10H16N4O3. The summed E-state index contributed by atoms with van der Waals surface area (Å²) in [5.74, 6) is 0.300. The molecule has 0 radical (unpaired) electrons.